The van der Waals surface area contributed by atoms with E-state index in [0.717, 1.165) is 0 Å². The van der Waals surface area contributed by atoms with Gasteiger partial charge in [-0.3, -0.25) is 4.79 Å². The number of carbonyl (C=O) groups excluding carboxylic acids is 1. The fraction of sp³-hybridized carbons (Fsp3) is 0.385. The maximum absolute atomic E-state index is 11.9. The first-order valence-electron chi connectivity index (χ1n) is 5.77. The Morgan fingerprint density at radius 2 is 1.78 bits per heavy atom. The Morgan fingerprint density at radius 1 is 1.22 bits per heavy atom. The van der Waals surface area contributed by atoms with Crippen molar-refractivity contribution in [1.82, 2.24) is 5.32 Å². The van der Waals surface area contributed by atoms with Gasteiger partial charge in [-0.05, 0) is 11.5 Å². The highest BCUT2D eigenvalue weighted by atomic mass is 16.4. The van der Waals surface area contributed by atoms with Gasteiger partial charge in [0.2, 0.25) is 5.91 Å². The third-order valence-electron chi connectivity index (χ3n) is 2.67. The van der Waals surface area contributed by atoms with E-state index in [1.807, 2.05) is 6.07 Å². The van der Waals surface area contributed by atoms with Crippen molar-refractivity contribution >= 4 is 11.9 Å². The molecule has 98 valence electrons. The zero-order valence-electron chi connectivity index (χ0n) is 10.5. The first kappa shape index (κ1) is 14.2. The van der Waals surface area contributed by atoms with Crippen molar-refractivity contribution in [3.8, 4) is 0 Å². The molecule has 1 unspecified atom stereocenters. The number of benzene rings is 1. The largest absolute Gasteiger partial charge is 0.480 e. The highest BCUT2D eigenvalue weighted by molar-refractivity contribution is 5.87. The van der Waals surface area contributed by atoms with E-state index >= 15 is 0 Å². The molecule has 0 spiro atoms. The van der Waals surface area contributed by atoms with Crippen LogP contribution in [0.15, 0.2) is 30.3 Å². The number of rotatable bonds is 5. The molecule has 5 nitrogen and oxygen atoms in total. The predicted octanol–water partition coefficient (Wildman–Crippen LogP) is 0.912. The normalized spacial score (nSPS) is 14.0. The summed E-state index contributed by atoms with van der Waals surface area (Å²) >= 11 is 0. The number of carboxylic acids is 1. The van der Waals surface area contributed by atoms with Gasteiger partial charge in [0.05, 0.1) is 0 Å². The molecule has 0 saturated carbocycles. The Balaban J connectivity index is 2.73. The topological polar surface area (TPSA) is 92.4 Å². The molecule has 0 bridgehead atoms. The molecule has 1 aromatic carbocycles. The average molecular weight is 250 g/mol. The second-order valence-electron chi connectivity index (χ2n) is 4.46. The second kappa shape index (κ2) is 6.16. The van der Waals surface area contributed by atoms with E-state index in [1.54, 1.807) is 38.1 Å². The van der Waals surface area contributed by atoms with E-state index in [4.69, 9.17) is 10.8 Å². The second-order valence-corrected chi connectivity index (χ2v) is 4.46. The van der Waals surface area contributed by atoms with E-state index in [1.165, 1.54) is 0 Å². The summed E-state index contributed by atoms with van der Waals surface area (Å²) in [5.74, 6) is -1.74. The van der Waals surface area contributed by atoms with E-state index in [9.17, 15) is 9.59 Å². The van der Waals surface area contributed by atoms with Crippen LogP contribution in [-0.2, 0) is 9.59 Å². The Bertz CT molecular complexity index is 418. The van der Waals surface area contributed by atoms with Crippen LogP contribution in [0.4, 0.5) is 0 Å². The van der Waals surface area contributed by atoms with Gasteiger partial charge < -0.3 is 16.2 Å². The van der Waals surface area contributed by atoms with Crippen LogP contribution in [0.3, 0.4) is 0 Å². The highest BCUT2D eigenvalue weighted by Gasteiger charge is 2.26. The molecule has 1 rings (SSSR count). The van der Waals surface area contributed by atoms with E-state index in [0.29, 0.717) is 5.56 Å². The summed E-state index contributed by atoms with van der Waals surface area (Å²) in [6.07, 6.45) is 0. The van der Waals surface area contributed by atoms with E-state index in [2.05, 4.69) is 5.32 Å². The molecule has 0 aliphatic carbocycles. The molecule has 18 heavy (non-hydrogen) atoms. The van der Waals surface area contributed by atoms with Gasteiger partial charge in [-0.25, -0.2) is 4.79 Å². The van der Waals surface area contributed by atoms with Gasteiger partial charge >= 0.3 is 5.97 Å². The Hall–Kier alpha value is -1.88. The first-order valence-corrected chi connectivity index (χ1v) is 5.77. The molecule has 2 atom stereocenters. The average Bonchev–Trinajstić information content (AvgIpc) is 2.35. The first-order chi connectivity index (χ1) is 8.43. The zero-order valence-corrected chi connectivity index (χ0v) is 10.5. The Morgan fingerprint density at radius 3 is 2.22 bits per heavy atom. The minimum atomic E-state index is -1.06. The summed E-state index contributed by atoms with van der Waals surface area (Å²) in [5.41, 5.74) is 6.44. The lowest BCUT2D eigenvalue weighted by Gasteiger charge is -2.20. The van der Waals surface area contributed by atoms with Crippen molar-refractivity contribution in [2.75, 3.05) is 0 Å². The Labute approximate surface area is 106 Å². The van der Waals surface area contributed by atoms with Gasteiger partial charge in [-0.2, -0.15) is 0 Å². The molecule has 0 aromatic heterocycles. The van der Waals surface area contributed by atoms with Gasteiger partial charge in [-0.1, -0.05) is 44.2 Å². The van der Waals surface area contributed by atoms with Crippen LogP contribution in [0.1, 0.15) is 25.5 Å². The number of carboxylic acid groups (broad SMARTS) is 1. The summed E-state index contributed by atoms with van der Waals surface area (Å²) in [4.78, 5) is 22.8. The summed E-state index contributed by atoms with van der Waals surface area (Å²) in [6, 6.07) is 7.06. The van der Waals surface area contributed by atoms with Crippen LogP contribution in [0, 0.1) is 5.92 Å². The maximum Gasteiger partial charge on any atom is 0.326 e. The van der Waals surface area contributed by atoms with Gasteiger partial charge in [0.1, 0.15) is 12.1 Å². The van der Waals surface area contributed by atoms with Crippen LogP contribution in [0.5, 0.6) is 0 Å². The number of carbonyl (C=O) groups is 2. The molecule has 1 amide bonds. The quantitative estimate of drug-likeness (QED) is 0.724. The predicted molar refractivity (Wildman–Crippen MR) is 67.8 cm³/mol. The van der Waals surface area contributed by atoms with Crippen LogP contribution in [0.2, 0.25) is 0 Å². The van der Waals surface area contributed by atoms with E-state index in [-0.39, 0.29) is 5.92 Å². The molecule has 0 aliphatic rings. The number of nitrogens with one attached hydrogen (secondary N) is 1. The molecular formula is C13H18N2O3. The number of amides is 1. The number of aliphatic carboxylic acids is 1. The van der Waals surface area contributed by atoms with E-state index < -0.39 is 24.0 Å². The molecule has 1 aromatic rings. The Kier molecular flexibility index (Phi) is 4.85. The molecule has 0 fully saturated rings. The minimum absolute atomic E-state index is 0.200. The summed E-state index contributed by atoms with van der Waals surface area (Å²) in [6.45, 7) is 3.46. The van der Waals surface area contributed by atoms with Crippen LogP contribution >= 0.6 is 0 Å². The van der Waals surface area contributed by atoms with Crippen molar-refractivity contribution in [3.05, 3.63) is 35.9 Å². The number of nitrogens with two attached hydrogens (primary N) is 1. The van der Waals surface area contributed by atoms with Crippen molar-refractivity contribution in [2.24, 2.45) is 11.7 Å². The lowest BCUT2D eigenvalue weighted by molar-refractivity contribution is -0.143. The monoisotopic (exact) mass is 250 g/mol. The van der Waals surface area contributed by atoms with Crippen LogP contribution in [0.25, 0.3) is 0 Å². The summed E-state index contributed by atoms with van der Waals surface area (Å²) in [5, 5.41) is 11.4. The third-order valence-corrected chi connectivity index (χ3v) is 2.67. The summed E-state index contributed by atoms with van der Waals surface area (Å²) < 4.78 is 0. The van der Waals surface area contributed by atoms with Crippen molar-refractivity contribution in [2.45, 2.75) is 25.9 Å². The van der Waals surface area contributed by atoms with Gasteiger partial charge in [-0.15, -0.1) is 0 Å². The lowest BCUT2D eigenvalue weighted by atomic mass is 10.0. The van der Waals surface area contributed by atoms with Crippen LogP contribution < -0.4 is 11.1 Å². The molecule has 0 radical (unpaired) electrons. The number of hydrogen-bond acceptors (Lipinski definition) is 3. The smallest absolute Gasteiger partial charge is 0.326 e. The van der Waals surface area contributed by atoms with Crippen molar-refractivity contribution in [3.63, 3.8) is 0 Å². The molecule has 0 saturated heterocycles. The lowest BCUT2D eigenvalue weighted by Crippen LogP contribution is -2.47. The number of hydrogen-bond donors (Lipinski definition) is 3. The standard InChI is InChI=1S/C13H18N2O3/c1-8(2)11(13(17)18)15-12(16)10(14)9-6-4-3-5-7-9/h3-8,10-11H,14H2,1-2H3,(H,15,16)(H,17,18)/t10?,11-/m0/s1. The maximum atomic E-state index is 11.9. The molecule has 0 heterocycles. The van der Waals surface area contributed by atoms with Crippen LogP contribution in [-0.4, -0.2) is 23.0 Å². The fourth-order valence-electron chi connectivity index (χ4n) is 1.57. The minimum Gasteiger partial charge on any atom is -0.480 e. The van der Waals surface area contributed by atoms with Crippen molar-refractivity contribution in [1.29, 1.82) is 0 Å². The molecule has 5 heteroatoms. The summed E-state index contributed by atoms with van der Waals surface area (Å²) in [7, 11) is 0. The fourth-order valence-corrected chi connectivity index (χ4v) is 1.57. The molecule has 4 N–H and O–H groups in total. The van der Waals surface area contributed by atoms with Crippen molar-refractivity contribution < 1.29 is 14.7 Å². The van der Waals surface area contributed by atoms with Gasteiger partial charge in [0, 0.05) is 0 Å². The zero-order chi connectivity index (χ0) is 13.7. The SMILES string of the molecule is CC(C)[C@H](NC(=O)C(N)c1ccccc1)C(=O)O. The highest BCUT2D eigenvalue weighted by Crippen LogP contribution is 2.11. The third kappa shape index (κ3) is 3.56. The molecular weight excluding hydrogens is 232 g/mol. The molecule has 0 aliphatic heterocycles. The van der Waals surface area contributed by atoms with Gasteiger partial charge in [0.25, 0.3) is 0 Å². The van der Waals surface area contributed by atoms with Gasteiger partial charge in [0.15, 0.2) is 0 Å².